The Morgan fingerprint density at radius 1 is 0.200 bits per heavy atom. The second kappa shape index (κ2) is 33.0. The van der Waals surface area contributed by atoms with Crippen LogP contribution in [0.3, 0.4) is 0 Å². The smallest absolute Gasteiger partial charge is 0.400 e. The molecule has 0 spiro atoms. The number of nitrogens with zero attached hydrogens (tertiary/aromatic N) is 6. The van der Waals surface area contributed by atoms with E-state index in [4.69, 9.17) is 91.7 Å². The second-order valence-electron chi connectivity index (χ2n) is 19.7. The van der Waals surface area contributed by atoms with Gasteiger partial charge in [0.05, 0.1) is 106 Å². The van der Waals surface area contributed by atoms with Crippen LogP contribution in [0.5, 0.6) is 23.0 Å². The molecule has 4 heterocycles. The third kappa shape index (κ3) is 17.7. The summed E-state index contributed by atoms with van der Waals surface area (Å²) < 4.78 is 121. The Morgan fingerprint density at radius 2 is 0.378 bits per heavy atom. The Labute approximate surface area is 526 Å². The van der Waals surface area contributed by atoms with Crippen LogP contribution in [0, 0.1) is 0 Å². The molecule has 4 aliphatic rings. The fourth-order valence-electron chi connectivity index (χ4n) is 9.18. The van der Waals surface area contributed by atoms with E-state index in [2.05, 4.69) is 0 Å². The van der Waals surface area contributed by atoms with Crippen LogP contribution in [-0.2, 0) is 46.5 Å². The lowest BCUT2D eigenvalue weighted by Gasteiger charge is -2.34. The lowest BCUT2D eigenvalue weighted by atomic mass is 10.3. The quantitative estimate of drug-likeness (QED) is 0.104. The first-order chi connectivity index (χ1) is 44.4. The minimum atomic E-state index is -3.56. The van der Waals surface area contributed by atoms with Crippen LogP contribution >= 0.6 is 45.0 Å². The van der Waals surface area contributed by atoms with Gasteiger partial charge in [-0.2, -0.15) is 18.1 Å². The van der Waals surface area contributed by atoms with Gasteiger partial charge in [-0.15, -0.1) is 9.03 Å². The number of ether oxygens (including phenoxy) is 6. The van der Waals surface area contributed by atoms with Gasteiger partial charge in [0.25, 0.3) is 0 Å². The second-order valence-corrected chi connectivity index (χ2v) is 34.1. The van der Waals surface area contributed by atoms with Crippen molar-refractivity contribution in [1.82, 2.24) is 0 Å². The first kappa shape index (κ1) is 65.4. The zero-order valence-electron chi connectivity index (χ0n) is 49.5. The van der Waals surface area contributed by atoms with Crippen LogP contribution in [0.25, 0.3) is 0 Å². The number of fused-ring (bicyclic) bond motifs is 2. The predicted molar refractivity (Wildman–Crippen MR) is 357 cm³/mol. The minimum Gasteiger partial charge on any atom is -0.422 e. The van der Waals surface area contributed by atoms with Gasteiger partial charge in [-0.25, -0.2) is 0 Å². The predicted octanol–water partition coefficient (Wildman–Crippen LogP) is 15.8. The van der Waals surface area contributed by atoms with Gasteiger partial charge in [-0.1, -0.05) is 194 Å². The maximum atomic E-state index is 6.76. The van der Waals surface area contributed by atoms with Crippen LogP contribution < -0.4 is 39.3 Å². The highest BCUT2D eigenvalue weighted by atomic mass is 31.3. The molecule has 0 saturated heterocycles. The lowest BCUT2D eigenvalue weighted by Crippen LogP contribution is -2.19. The van der Waals surface area contributed by atoms with Crippen LogP contribution in [0.15, 0.2) is 270 Å². The molecule has 0 N–H and O–H groups in total. The van der Waals surface area contributed by atoms with Crippen molar-refractivity contribution in [2.45, 2.75) is 0 Å². The van der Waals surface area contributed by atoms with Crippen molar-refractivity contribution >= 4 is 66.3 Å². The van der Waals surface area contributed by atoms with Crippen molar-refractivity contribution < 1.29 is 64.6 Å². The van der Waals surface area contributed by atoms with E-state index in [9.17, 15) is 0 Å². The summed E-state index contributed by atoms with van der Waals surface area (Å²) in [5, 5.41) is 3.61. The largest absolute Gasteiger partial charge is 0.422 e. The zero-order chi connectivity index (χ0) is 61.4. The highest BCUT2D eigenvalue weighted by Gasteiger charge is 2.47. The Hall–Kier alpha value is -6.06. The molecule has 20 nitrogen and oxygen atoms in total. The molecule has 8 aromatic carbocycles. The molecule has 8 aromatic rings. The van der Waals surface area contributed by atoms with Crippen molar-refractivity contribution in [3.05, 3.63) is 243 Å². The highest BCUT2D eigenvalue weighted by molar-refractivity contribution is 7.90. The number of hydrogen-bond acceptors (Lipinski definition) is 20. The summed E-state index contributed by atoms with van der Waals surface area (Å²) in [6.07, 6.45) is 0. The summed E-state index contributed by atoms with van der Waals surface area (Å²) in [5.74, 6) is 2.24. The summed E-state index contributed by atoms with van der Waals surface area (Å²) in [6.45, 7) is 5.30. The molecule has 4 bridgehead atoms. The zero-order valence-corrected chi connectivity index (χ0v) is 54.9. The van der Waals surface area contributed by atoms with Crippen molar-refractivity contribution in [3.8, 4) is 23.0 Å². The molecule has 0 aliphatic carbocycles. The molecule has 26 heteroatoms. The molecule has 4 aliphatic heterocycles. The summed E-state index contributed by atoms with van der Waals surface area (Å²) in [5.41, 5.74) is 0. The van der Waals surface area contributed by atoms with Crippen molar-refractivity contribution in [1.29, 1.82) is 0 Å². The van der Waals surface area contributed by atoms with E-state index in [-0.39, 0.29) is 52.9 Å². The van der Waals surface area contributed by atoms with Gasteiger partial charge in [0, 0.05) is 21.2 Å². The maximum Gasteiger partial charge on any atom is 0.400 e. The van der Waals surface area contributed by atoms with E-state index in [0.717, 1.165) is 21.2 Å². The fourth-order valence-corrected chi connectivity index (χ4v) is 31.6. The van der Waals surface area contributed by atoms with Gasteiger partial charge in [-0.3, -0.25) is 18.1 Å². The van der Waals surface area contributed by atoms with E-state index in [1.165, 1.54) is 0 Å². The molecule has 0 saturated carbocycles. The van der Waals surface area contributed by atoms with Gasteiger partial charge < -0.3 is 46.5 Å². The average molecular weight is 1340 g/mol. The molecule has 472 valence electrons. The Balaban J connectivity index is 0.000000185. The number of para-hydroxylation sites is 4. The Bertz CT molecular complexity index is 3400. The van der Waals surface area contributed by atoms with Crippen LogP contribution in [-0.4, -0.2) is 106 Å². The molecular weight excluding hydrogens is 1260 g/mol. The first-order valence-electron chi connectivity index (χ1n) is 29.5. The van der Waals surface area contributed by atoms with Crippen molar-refractivity contribution in [2.75, 3.05) is 106 Å². The molecule has 0 fully saturated rings. The van der Waals surface area contributed by atoms with Crippen LogP contribution in [0.1, 0.15) is 0 Å². The van der Waals surface area contributed by atoms with E-state index >= 15 is 0 Å². The Kier molecular flexibility index (Phi) is 24.0. The number of hydrogen-bond donors (Lipinski definition) is 0. The van der Waals surface area contributed by atoms with E-state index in [0.29, 0.717) is 75.9 Å². The summed E-state index contributed by atoms with van der Waals surface area (Å²) in [7, 11) is -20.4. The standard InChI is InChI=1S/2C32H36N3O7P3/c2*1-5-13-29(14-6-1)41-44-33-43(31-17-9-3-10-18-31,32-19-11-4-12-20-32)34-45(35-44,42-30-15-7-2-8-16-30)40-28-26-38-24-22-36-21-23-37-25-27-39-44/h2*1-20H,21-28H2/t2*44-,45+. The summed E-state index contributed by atoms with van der Waals surface area (Å²) in [6, 6.07) is 77.8. The Morgan fingerprint density at radius 3 is 0.589 bits per heavy atom. The molecular formula is C64H72N6O14P6. The first-order valence-corrected chi connectivity index (χ1v) is 39.0. The van der Waals surface area contributed by atoms with E-state index in [1.807, 2.05) is 243 Å². The topological polar surface area (TPSA) is 203 Å². The van der Waals surface area contributed by atoms with Crippen LogP contribution in [0.2, 0.25) is 0 Å². The molecule has 90 heavy (non-hydrogen) atoms. The van der Waals surface area contributed by atoms with E-state index < -0.39 is 45.0 Å². The molecule has 0 unspecified atom stereocenters. The van der Waals surface area contributed by atoms with Gasteiger partial charge in [-0.05, 0) is 48.5 Å². The third-order valence-corrected chi connectivity index (χ3v) is 32.5. The number of rotatable bonds is 12. The summed E-state index contributed by atoms with van der Waals surface area (Å²) in [4.78, 5) is 0. The molecule has 12 rings (SSSR count). The monoisotopic (exact) mass is 1330 g/mol. The van der Waals surface area contributed by atoms with Crippen molar-refractivity contribution in [2.24, 2.45) is 27.1 Å². The molecule has 0 aromatic heterocycles. The minimum absolute atomic E-state index is 0.172. The van der Waals surface area contributed by atoms with Crippen LogP contribution in [0.4, 0.5) is 0 Å². The van der Waals surface area contributed by atoms with Gasteiger partial charge in [0.1, 0.15) is 37.4 Å². The van der Waals surface area contributed by atoms with Crippen molar-refractivity contribution in [3.63, 3.8) is 0 Å². The molecule has 0 radical (unpaired) electrons. The molecule has 4 atom stereocenters. The molecule has 0 amide bonds. The fraction of sp³-hybridized carbons (Fsp3) is 0.250. The third-order valence-electron chi connectivity index (χ3n) is 13.2. The SMILES string of the molecule is c1ccc(O[P@@]23=NP(c4ccccc4)(c4ccccc4)=N[P@@](Oc4ccccc4)(=N2)OCCOCCOCCOCCO3)cc1.c1ccc(O[P@]23=N[P@](Oc4ccccc4)(=NP(c4ccccc4)(c4ccccc4)=N2)OCCOCCOCCOCCO3)cc1. The highest BCUT2D eigenvalue weighted by Crippen LogP contribution is 2.80. The van der Waals surface area contributed by atoms with Gasteiger partial charge >= 0.3 is 30.6 Å². The lowest BCUT2D eigenvalue weighted by molar-refractivity contribution is 0.00459. The van der Waals surface area contributed by atoms with Gasteiger partial charge in [0.15, 0.2) is 0 Å². The average Bonchev–Trinajstić information content (AvgIpc) is 0.745. The number of benzene rings is 8. The summed E-state index contributed by atoms with van der Waals surface area (Å²) >= 11 is 0. The van der Waals surface area contributed by atoms with E-state index in [1.54, 1.807) is 0 Å². The normalized spacial score (nSPS) is 24.2. The maximum absolute atomic E-state index is 6.76. The van der Waals surface area contributed by atoms with Gasteiger partial charge in [0.2, 0.25) is 0 Å².